The number of fused-ring (bicyclic) bond motifs is 3. The topological polar surface area (TPSA) is 116 Å². The Hall–Kier alpha value is -3.88. The smallest absolute Gasteiger partial charge is 0.410 e. The summed E-state index contributed by atoms with van der Waals surface area (Å²) in [6, 6.07) is 13.6. The number of likely N-dealkylation sites (tertiary alicyclic amines) is 1. The number of nitrogens with zero attached hydrogens (tertiary/aromatic N) is 2. The highest BCUT2D eigenvalue weighted by atomic mass is 16.6. The zero-order chi connectivity index (χ0) is 29.7. The molecule has 2 aliphatic rings. The SMILES string of the molecule is CCC[C@@H](C(=O)N[C@H](C(=O)N1CCCC1C(=O)O)[C@@H](C)CC)N(C)C(=O)OCC1c2ccccc2-c2ccccc21. The Kier molecular flexibility index (Phi) is 9.68. The summed E-state index contributed by atoms with van der Waals surface area (Å²) in [4.78, 5) is 54.7. The van der Waals surface area contributed by atoms with Gasteiger partial charge >= 0.3 is 12.1 Å². The van der Waals surface area contributed by atoms with E-state index < -0.39 is 42.0 Å². The number of benzene rings is 2. The molecule has 41 heavy (non-hydrogen) atoms. The molecule has 1 saturated heterocycles. The fourth-order valence-corrected chi connectivity index (χ4v) is 6.00. The molecule has 9 nitrogen and oxygen atoms in total. The lowest BCUT2D eigenvalue weighted by Gasteiger charge is -2.33. The molecule has 0 radical (unpaired) electrons. The second-order valence-corrected chi connectivity index (χ2v) is 11.1. The van der Waals surface area contributed by atoms with Crippen LogP contribution in [0.5, 0.6) is 0 Å². The van der Waals surface area contributed by atoms with Gasteiger partial charge in [-0.15, -0.1) is 0 Å². The summed E-state index contributed by atoms with van der Waals surface area (Å²) in [6.45, 7) is 6.18. The fourth-order valence-electron chi connectivity index (χ4n) is 6.00. The minimum Gasteiger partial charge on any atom is -0.480 e. The van der Waals surface area contributed by atoms with Crippen LogP contribution in [0, 0.1) is 5.92 Å². The third-order valence-corrected chi connectivity index (χ3v) is 8.55. The number of aliphatic carboxylic acids is 1. The highest BCUT2D eigenvalue weighted by Crippen LogP contribution is 2.44. The molecule has 3 amide bonds. The Bertz CT molecular complexity index is 1230. The molecule has 1 heterocycles. The van der Waals surface area contributed by atoms with Crippen LogP contribution in [0.1, 0.15) is 69.9 Å². The van der Waals surface area contributed by atoms with Crippen LogP contribution < -0.4 is 5.32 Å². The predicted octanol–water partition coefficient (Wildman–Crippen LogP) is 4.64. The highest BCUT2D eigenvalue weighted by molar-refractivity contribution is 5.93. The summed E-state index contributed by atoms with van der Waals surface area (Å²) in [6.07, 6.45) is 2.02. The molecule has 0 spiro atoms. The Balaban J connectivity index is 1.46. The van der Waals surface area contributed by atoms with Crippen LogP contribution in [-0.4, -0.2) is 77.1 Å². The molecule has 1 aliphatic carbocycles. The van der Waals surface area contributed by atoms with E-state index in [9.17, 15) is 24.3 Å². The molecule has 0 aromatic heterocycles. The second kappa shape index (κ2) is 13.2. The minimum atomic E-state index is -1.04. The Labute approximate surface area is 241 Å². The molecule has 4 atom stereocenters. The van der Waals surface area contributed by atoms with Crippen molar-refractivity contribution in [2.24, 2.45) is 5.92 Å². The number of carboxylic acids is 1. The summed E-state index contributed by atoms with van der Waals surface area (Å²) >= 11 is 0. The number of nitrogens with one attached hydrogen (secondary N) is 1. The largest absolute Gasteiger partial charge is 0.480 e. The lowest BCUT2D eigenvalue weighted by molar-refractivity contribution is -0.150. The standard InChI is InChI=1S/C32H41N3O6/c1-5-12-26(29(36)33-28(20(3)6-2)30(37)35-18-11-17-27(35)31(38)39)34(4)32(40)41-19-25-23-15-9-7-13-21(23)22-14-8-10-16-24(22)25/h7-10,13-16,20,25-28H,5-6,11-12,17-19H2,1-4H3,(H,33,36)(H,38,39)/t20-,26-,27?,28-/m0/s1. The number of rotatable bonds is 11. The van der Waals surface area contributed by atoms with Gasteiger partial charge in [0.05, 0.1) is 0 Å². The Morgan fingerprint density at radius 3 is 2.22 bits per heavy atom. The summed E-state index contributed by atoms with van der Waals surface area (Å²) < 4.78 is 5.79. The van der Waals surface area contributed by atoms with Gasteiger partial charge in [0.25, 0.3) is 0 Å². The zero-order valence-electron chi connectivity index (χ0n) is 24.3. The van der Waals surface area contributed by atoms with Gasteiger partial charge in [-0.1, -0.05) is 82.1 Å². The first-order valence-corrected chi connectivity index (χ1v) is 14.6. The molecule has 9 heteroatoms. The molecule has 220 valence electrons. The van der Waals surface area contributed by atoms with Crippen LogP contribution in [0.3, 0.4) is 0 Å². The van der Waals surface area contributed by atoms with Crippen LogP contribution in [0.4, 0.5) is 4.79 Å². The van der Waals surface area contributed by atoms with E-state index in [2.05, 4.69) is 17.4 Å². The van der Waals surface area contributed by atoms with Crippen LogP contribution in [0.15, 0.2) is 48.5 Å². The molecule has 4 rings (SSSR count). The molecule has 2 aromatic carbocycles. The van der Waals surface area contributed by atoms with Crippen LogP contribution in [0.25, 0.3) is 11.1 Å². The summed E-state index contributed by atoms with van der Waals surface area (Å²) in [5.74, 6) is -2.20. The number of carboxylic acid groups (broad SMARTS) is 1. The van der Waals surface area contributed by atoms with E-state index in [-0.39, 0.29) is 18.4 Å². The molecule has 0 bridgehead atoms. The van der Waals surface area contributed by atoms with Gasteiger partial charge in [0.15, 0.2) is 0 Å². The molecule has 1 aliphatic heterocycles. The van der Waals surface area contributed by atoms with E-state index >= 15 is 0 Å². The third-order valence-electron chi connectivity index (χ3n) is 8.55. The van der Waals surface area contributed by atoms with E-state index in [1.165, 1.54) is 9.80 Å². The van der Waals surface area contributed by atoms with Gasteiger partial charge < -0.3 is 20.1 Å². The number of carbonyl (C=O) groups excluding carboxylic acids is 3. The van der Waals surface area contributed by atoms with E-state index in [1.54, 1.807) is 7.05 Å². The van der Waals surface area contributed by atoms with Crippen LogP contribution >= 0.6 is 0 Å². The van der Waals surface area contributed by atoms with Gasteiger partial charge in [-0.05, 0) is 47.4 Å². The maximum Gasteiger partial charge on any atom is 0.410 e. The average Bonchev–Trinajstić information content (AvgIpc) is 3.60. The molecule has 2 aromatic rings. The number of likely N-dealkylation sites (N-methyl/N-ethyl adjacent to an activating group) is 1. The normalized spacial score (nSPS) is 18.1. The lowest BCUT2D eigenvalue weighted by atomic mass is 9.96. The number of amides is 3. The fraction of sp³-hybridized carbons (Fsp3) is 0.500. The molecule has 0 saturated carbocycles. The molecule has 1 fully saturated rings. The van der Waals surface area contributed by atoms with Crippen molar-refractivity contribution in [1.29, 1.82) is 0 Å². The molecular weight excluding hydrogens is 522 g/mol. The lowest BCUT2D eigenvalue weighted by Crippen LogP contribution is -2.58. The van der Waals surface area contributed by atoms with Gasteiger partial charge in [-0.25, -0.2) is 9.59 Å². The Morgan fingerprint density at radius 2 is 1.66 bits per heavy atom. The van der Waals surface area contributed by atoms with Gasteiger partial charge in [0.1, 0.15) is 24.7 Å². The highest BCUT2D eigenvalue weighted by Gasteiger charge is 2.40. The third kappa shape index (κ3) is 6.24. The van der Waals surface area contributed by atoms with Gasteiger partial charge in [-0.3, -0.25) is 14.5 Å². The number of hydrogen-bond donors (Lipinski definition) is 2. The predicted molar refractivity (Wildman–Crippen MR) is 155 cm³/mol. The first-order valence-electron chi connectivity index (χ1n) is 14.6. The van der Waals surface area contributed by atoms with E-state index in [0.717, 1.165) is 22.3 Å². The van der Waals surface area contributed by atoms with Gasteiger partial charge in [0.2, 0.25) is 11.8 Å². The van der Waals surface area contributed by atoms with Crippen molar-refractivity contribution in [1.82, 2.24) is 15.1 Å². The molecule has 1 unspecified atom stereocenters. The van der Waals surface area contributed by atoms with E-state index in [4.69, 9.17) is 4.74 Å². The summed E-state index contributed by atoms with van der Waals surface area (Å²) in [5, 5.41) is 12.5. The zero-order valence-corrected chi connectivity index (χ0v) is 24.3. The van der Waals surface area contributed by atoms with Gasteiger partial charge in [0, 0.05) is 19.5 Å². The first-order chi connectivity index (χ1) is 19.7. The van der Waals surface area contributed by atoms with Crippen LogP contribution in [-0.2, 0) is 19.1 Å². The van der Waals surface area contributed by atoms with Gasteiger partial charge in [-0.2, -0.15) is 0 Å². The average molecular weight is 564 g/mol. The van der Waals surface area contributed by atoms with E-state index in [0.29, 0.717) is 38.6 Å². The van der Waals surface area contributed by atoms with Crippen molar-refractivity contribution in [3.8, 4) is 11.1 Å². The van der Waals surface area contributed by atoms with Crippen molar-refractivity contribution in [2.45, 2.75) is 76.9 Å². The summed E-state index contributed by atoms with van der Waals surface area (Å²) in [5.41, 5.74) is 4.46. The molecule has 2 N–H and O–H groups in total. The van der Waals surface area contributed by atoms with Crippen molar-refractivity contribution in [3.63, 3.8) is 0 Å². The quantitative estimate of drug-likeness (QED) is 0.411. The summed E-state index contributed by atoms with van der Waals surface area (Å²) in [7, 11) is 1.54. The monoisotopic (exact) mass is 563 g/mol. The van der Waals surface area contributed by atoms with Crippen molar-refractivity contribution < 1.29 is 29.0 Å². The van der Waals surface area contributed by atoms with Crippen molar-refractivity contribution in [3.05, 3.63) is 59.7 Å². The van der Waals surface area contributed by atoms with Crippen molar-refractivity contribution >= 4 is 23.9 Å². The number of ether oxygens (including phenoxy) is 1. The second-order valence-electron chi connectivity index (χ2n) is 11.1. The first kappa shape index (κ1) is 30.1. The van der Waals surface area contributed by atoms with E-state index in [1.807, 2.05) is 57.2 Å². The Morgan fingerprint density at radius 1 is 1.05 bits per heavy atom. The number of hydrogen-bond acceptors (Lipinski definition) is 5. The maximum absolute atomic E-state index is 13.6. The minimum absolute atomic E-state index is 0.103. The van der Waals surface area contributed by atoms with Crippen molar-refractivity contribution in [2.75, 3.05) is 20.2 Å². The molecular formula is C32H41N3O6. The van der Waals surface area contributed by atoms with Crippen LogP contribution in [0.2, 0.25) is 0 Å². The number of carbonyl (C=O) groups is 4. The maximum atomic E-state index is 13.6.